The summed E-state index contributed by atoms with van der Waals surface area (Å²) >= 11 is 1.73. The van der Waals surface area contributed by atoms with Crippen LogP contribution in [0.4, 0.5) is 0 Å². The van der Waals surface area contributed by atoms with Gasteiger partial charge in [-0.1, -0.05) is 49.4 Å². The summed E-state index contributed by atoms with van der Waals surface area (Å²) in [5, 5.41) is 3.00. The summed E-state index contributed by atoms with van der Waals surface area (Å²) in [6.45, 7) is 6.19. The molecule has 0 heterocycles. The van der Waals surface area contributed by atoms with Crippen molar-refractivity contribution in [1.82, 2.24) is 10.2 Å². The largest absolute Gasteiger partial charge is 0.497 e. The molecule has 0 aliphatic carbocycles. The molecule has 2 rings (SSSR count). The van der Waals surface area contributed by atoms with Crippen LogP contribution in [0.15, 0.2) is 54.6 Å². The molecule has 0 fully saturated rings. The van der Waals surface area contributed by atoms with Gasteiger partial charge in [0.2, 0.25) is 11.8 Å². The van der Waals surface area contributed by atoms with Crippen molar-refractivity contribution in [2.75, 3.05) is 12.9 Å². The van der Waals surface area contributed by atoms with Crippen molar-refractivity contribution < 1.29 is 14.3 Å². The van der Waals surface area contributed by atoms with E-state index in [1.165, 1.54) is 5.56 Å². The average Bonchev–Trinajstić information content (AvgIpc) is 2.80. The van der Waals surface area contributed by atoms with Crippen LogP contribution in [0.5, 0.6) is 5.75 Å². The molecule has 2 unspecified atom stereocenters. The van der Waals surface area contributed by atoms with Crippen molar-refractivity contribution in [1.29, 1.82) is 0 Å². The van der Waals surface area contributed by atoms with Gasteiger partial charge in [0, 0.05) is 30.5 Å². The molecular formula is C25H34N2O3S. The van der Waals surface area contributed by atoms with Crippen LogP contribution < -0.4 is 10.1 Å². The summed E-state index contributed by atoms with van der Waals surface area (Å²) in [4.78, 5) is 27.5. The lowest BCUT2D eigenvalue weighted by atomic mass is 10.1. The van der Waals surface area contributed by atoms with Crippen LogP contribution >= 0.6 is 11.8 Å². The van der Waals surface area contributed by atoms with Crippen LogP contribution in [0.1, 0.15) is 44.7 Å². The predicted molar refractivity (Wildman–Crippen MR) is 128 cm³/mol. The predicted octanol–water partition coefficient (Wildman–Crippen LogP) is 4.65. The molecule has 1 N–H and O–H groups in total. The van der Waals surface area contributed by atoms with Gasteiger partial charge in [-0.05, 0) is 43.5 Å². The minimum Gasteiger partial charge on any atom is -0.497 e. The smallest absolute Gasteiger partial charge is 0.242 e. The van der Waals surface area contributed by atoms with Crippen LogP contribution in [-0.4, -0.2) is 41.7 Å². The van der Waals surface area contributed by atoms with Gasteiger partial charge in [0.15, 0.2) is 0 Å². The van der Waals surface area contributed by atoms with E-state index in [9.17, 15) is 9.59 Å². The Labute approximate surface area is 190 Å². The van der Waals surface area contributed by atoms with E-state index in [0.717, 1.165) is 23.5 Å². The zero-order chi connectivity index (χ0) is 22.6. The number of methoxy groups -OCH3 is 1. The molecule has 0 bridgehead atoms. The number of nitrogens with one attached hydrogen (secondary N) is 1. The molecule has 0 saturated heterocycles. The third kappa shape index (κ3) is 8.29. The maximum Gasteiger partial charge on any atom is 0.242 e. The Morgan fingerprint density at radius 2 is 1.71 bits per heavy atom. The summed E-state index contributed by atoms with van der Waals surface area (Å²) in [7, 11) is 1.62. The number of carbonyl (C=O) groups excluding carboxylic acids is 2. The van der Waals surface area contributed by atoms with Gasteiger partial charge in [0.25, 0.3) is 0 Å². The fourth-order valence-electron chi connectivity index (χ4n) is 3.04. The first-order valence-electron chi connectivity index (χ1n) is 10.8. The molecule has 2 atom stereocenters. The Morgan fingerprint density at radius 3 is 2.32 bits per heavy atom. The molecule has 5 nitrogen and oxygen atoms in total. The normalized spacial score (nSPS) is 12.6. The number of hydrogen-bond donors (Lipinski definition) is 1. The molecule has 2 aromatic rings. The molecule has 2 amide bonds. The third-order valence-corrected chi connectivity index (χ3v) is 6.28. The lowest BCUT2D eigenvalue weighted by Gasteiger charge is -2.29. The fourth-order valence-corrected chi connectivity index (χ4v) is 3.93. The van der Waals surface area contributed by atoms with Crippen molar-refractivity contribution in [3.8, 4) is 5.75 Å². The highest BCUT2D eigenvalue weighted by molar-refractivity contribution is 7.98. The van der Waals surface area contributed by atoms with E-state index in [0.29, 0.717) is 18.7 Å². The van der Waals surface area contributed by atoms with Crippen molar-refractivity contribution >= 4 is 23.6 Å². The monoisotopic (exact) mass is 442 g/mol. The molecule has 0 spiro atoms. The SMILES string of the molecule is CCC(C)NC(=O)C(C)N(Cc1ccc(OC)cc1)C(=O)CCSCc1ccccc1. The van der Waals surface area contributed by atoms with Gasteiger partial charge in [-0.25, -0.2) is 0 Å². The first kappa shape index (κ1) is 24.8. The Balaban J connectivity index is 2.01. The van der Waals surface area contributed by atoms with E-state index < -0.39 is 6.04 Å². The third-order valence-electron chi connectivity index (χ3n) is 5.25. The maximum absolute atomic E-state index is 13.1. The molecule has 0 aromatic heterocycles. The second kappa shape index (κ2) is 13.1. The first-order chi connectivity index (χ1) is 14.9. The zero-order valence-corrected chi connectivity index (χ0v) is 19.8. The second-order valence-electron chi connectivity index (χ2n) is 7.65. The van der Waals surface area contributed by atoms with Crippen molar-refractivity contribution in [3.05, 3.63) is 65.7 Å². The summed E-state index contributed by atoms with van der Waals surface area (Å²) in [6, 6.07) is 17.4. The molecule has 2 aromatic carbocycles. The Bertz CT molecular complexity index is 811. The highest BCUT2D eigenvalue weighted by Gasteiger charge is 2.26. The second-order valence-corrected chi connectivity index (χ2v) is 8.76. The summed E-state index contributed by atoms with van der Waals surface area (Å²) in [5.41, 5.74) is 2.21. The number of thioether (sulfide) groups is 1. The van der Waals surface area contributed by atoms with Crippen molar-refractivity contribution in [2.45, 2.75) is 58.0 Å². The van der Waals surface area contributed by atoms with Gasteiger partial charge in [-0.3, -0.25) is 9.59 Å². The van der Waals surface area contributed by atoms with E-state index in [1.54, 1.807) is 30.7 Å². The first-order valence-corrected chi connectivity index (χ1v) is 11.9. The van der Waals surface area contributed by atoms with Gasteiger partial charge in [-0.15, -0.1) is 0 Å². The molecule has 0 aliphatic rings. The van der Waals surface area contributed by atoms with Crippen LogP contribution in [0, 0.1) is 0 Å². The fraction of sp³-hybridized carbons (Fsp3) is 0.440. The molecule has 0 aliphatic heterocycles. The molecular weight excluding hydrogens is 408 g/mol. The van der Waals surface area contributed by atoms with E-state index in [2.05, 4.69) is 17.4 Å². The number of amides is 2. The van der Waals surface area contributed by atoms with Gasteiger partial charge < -0.3 is 15.0 Å². The number of nitrogens with zero attached hydrogens (tertiary/aromatic N) is 1. The van der Waals surface area contributed by atoms with Gasteiger partial charge in [-0.2, -0.15) is 11.8 Å². The van der Waals surface area contributed by atoms with Gasteiger partial charge in [0.1, 0.15) is 11.8 Å². The van der Waals surface area contributed by atoms with E-state index in [-0.39, 0.29) is 17.9 Å². The number of hydrogen-bond acceptors (Lipinski definition) is 4. The minimum atomic E-state index is -0.539. The highest BCUT2D eigenvalue weighted by atomic mass is 32.2. The molecule has 6 heteroatoms. The number of ether oxygens (including phenoxy) is 1. The maximum atomic E-state index is 13.1. The lowest BCUT2D eigenvalue weighted by molar-refractivity contribution is -0.140. The summed E-state index contributed by atoms with van der Waals surface area (Å²) < 4.78 is 5.22. The minimum absolute atomic E-state index is 0.0109. The van der Waals surface area contributed by atoms with Crippen LogP contribution in [0.25, 0.3) is 0 Å². The topological polar surface area (TPSA) is 58.6 Å². The van der Waals surface area contributed by atoms with Crippen LogP contribution in [-0.2, 0) is 21.9 Å². The molecule has 0 saturated carbocycles. The molecule has 31 heavy (non-hydrogen) atoms. The Morgan fingerprint density at radius 1 is 1.03 bits per heavy atom. The highest BCUT2D eigenvalue weighted by Crippen LogP contribution is 2.18. The number of rotatable bonds is 12. The van der Waals surface area contributed by atoms with Gasteiger partial charge >= 0.3 is 0 Å². The quantitative estimate of drug-likeness (QED) is 0.486. The zero-order valence-electron chi connectivity index (χ0n) is 19.0. The molecule has 0 radical (unpaired) electrons. The summed E-state index contributed by atoms with van der Waals surface area (Å²) in [6.07, 6.45) is 1.25. The Kier molecular flexibility index (Phi) is 10.4. The standard InChI is InChI=1S/C25H34N2O3S/c1-5-19(2)26-25(29)20(3)27(17-21-11-13-23(30-4)14-12-21)24(28)15-16-31-18-22-9-7-6-8-10-22/h6-14,19-20H,5,15-18H2,1-4H3,(H,26,29). The summed E-state index contributed by atoms with van der Waals surface area (Å²) in [5.74, 6) is 2.22. The number of carbonyl (C=O) groups is 2. The van der Waals surface area contributed by atoms with E-state index in [4.69, 9.17) is 4.74 Å². The Hall–Kier alpha value is -2.47. The van der Waals surface area contributed by atoms with Gasteiger partial charge in [0.05, 0.1) is 7.11 Å². The van der Waals surface area contributed by atoms with E-state index >= 15 is 0 Å². The average molecular weight is 443 g/mol. The van der Waals surface area contributed by atoms with Crippen molar-refractivity contribution in [3.63, 3.8) is 0 Å². The number of benzene rings is 2. The van der Waals surface area contributed by atoms with E-state index in [1.807, 2.05) is 56.3 Å². The van der Waals surface area contributed by atoms with Crippen LogP contribution in [0.2, 0.25) is 0 Å². The lowest BCUT2D eigenvalue weighted by Crippen LogP contribution is -2.49. The van der Waals surface area contributed by atoms with Crippen LogP contribution in [0.3, 0.4) is 0 Å². The molecule has 168 valence electrons. The van der Waals surface area contributed by atoms with Crippen molar-refractivity contribution in [2.24, 2.45) is 0 Å².